The third-order valence-electron chi connectivity index (χ3n) is 9.29. The van der Waals surface area contributed by atoms with Gasteiger partial charge in [0.2, 0.25) is 0 Å². The lowest BCUT2D eigenvalue weighted by atomic mass is 9.98. The lowest BCUT2D eigenvalue weighted by molar-refractivity contribution is -0.0374. The number of halogens is 1. The number of rotatable bonds is 23. The van der Waals surface area contributed by atoms with Gasteiger partial charge in [0.25, 0.3) is 0 Å². The molecule has 0 aliphatic carbocycles. The van der Waals surface area contributed by atoms with Crippen molar-refractivity contribution in [3.05, 3.63) is 59.3 Å². The molecule has 1 aliphatic rings. The summed E-state index contributed by atoms with van der Waals surface area (Å²) in [4.78, 5) is 14.5. The van der Waals surface area contributed by atoms with E-state index in [1.54, 1.807) is 12.1 Å². The lowest BCUT2D eigenvalue weighted by Gasteiger charge is -2.22. The van der Waals surface area contributed by atoms with Crippen LogP contribution in [0.15, 0.2) is 36.7 Å². The van der Waals surface area contributed by atoms with Crippen molar-refractivity contribution in [3.8, 4) is 24.0 Å². The Bertz CT molecular complexity index is 1800. The highest BCUT2D eigenvalue weighted by Crippen LogP contribution is 2.46. The van der Waals surface area contributed by atoms with Crippen LogP contribution in [-0.2, 0) is 35.3 Å². The highest BCUT2D eigenvalue weighted by Gasteiger charge is 2.45. The first-order chi connectivity index (χ1) is 25.7. The summed E-state index contributed by atoms with van der Waals surface area (Å²) in [6, 6.07) is 11.4. The van der Waals surface area contributed by atoms with Gasteiger partial charge in [-0.1, -0.05) is 77.6 Å². The molecule has 3 heterocycles. The molecule has 2 aromatic heterocycles. The first kappa shape index (κ1) is 41.9. The fourth-order valence-corrected chi connectivity index (χ4v) is 7.15. The molecular formula is C39H52FN6O6P. The summed E-state index contributed by atoms with van der Waals surface area (Å²) in [5, 5.41) is 23.5. The number of unbranched alkanes of at least 4 members (excludes halogenated alkanes) is 12. The van der Waals surface area contributed by atoms with Gasteiger partial charge in [-0.25, -0.2) is 18.5 Å². The molecule has 1 fully saturated rings. The van der Waals surface area contributed by atoms with E-state index in [9.17, 15) is 24.4 Å². The van der Waals surface area contributed by atoms with E-state index < -0.39 is 31.4 Å². The normalized spacial score (nSPS) is 18.5. The number of hydrogen-bond acceptors (Lipinski definition) is 10. The molecule has 286 valence electrons. The van der Waals surface area contributed by atoms with Gasteiger partial charge >= 0.3 is 7.82 Å². The molecule has 3 aromatic rings. The second-order valence-electron chi connectivity index (χ2n) is 13.5. The van der Waals surface area contributed by atoms with Crippen molar-refractivity contribution in [2.75, 3.05) is 18.9 Å². The van der Waals surface area contributed by atoms with Crippen molar-refractivity contribution in [2.45, 2.75) is 134 Å². The smallest absolute Gasteiger partial charge is 0.382 e. The van der Waals surface area contributed by atoms with Crippen LogP contribution in [0.25, 0.3) is 5.52 Å². The molecule has 14 heteroatoms. The maximum atomic E-state index is 14.0. The number of nitrogens with two attached hydrogens (primary N) is 1. The molecule has 1 unspecified atom stereocenters. The Hall–Kier alpha value is -3.86. The molecule has 0 radical (unpaired) electrons. The Labute approximate surface area is 312 Å². The molecule has 1 aromatic carbocycles. The van der Waals surface area contributed by atoms with Crippen LogP contribution in [0, 0.1) is 40.3 Å². The minimum Gasteiger partial charge on any atom is -0.382 e. The number of fused-ring (bicyclic) bond motifs is 1. The maximum absolute atomic E-state index is 14.0. The summed E-state index contributed by atoms with van der Waals surface area (Å²) < 4.78 is 51.1. The number of nitrogens with zero attached hydrogens (tertiary/aromatic N) is 5. The van der Waals surface area contributed by atoms with Crippen LogP contribution in [0.3, 0.4) is 0 Å². The Morgan fingerprint density at radius 1 is 1.06 bits per heavy atom. The second-order valence-corrected chi connectivity index (χ2v) is 15.0. The average molecular weight is 751 g/mol. The van der Waals surface area contributed by atoms with Gasteiger partial charge in [0, 0.05) is 12.8 Å². The van der Waals surface area contributed by atoms with E-state index in [4.69, 9.17) is 24.3 Å². The van der Waals surface area contributed by atoms with Crippen LogP contribution in [0.2, 0.25) is 0 Å². The zero-order valence-electron chi connectivity index (χ0n) is 30.7. The van der Waals surface area contributed by atoms with Crippen LogP contribution >= 0.6 is 7.82 Å². The van der Waals surface area contributed by atoms with E-state index in [1.807, 2.05) is 6.07 Å². The Kier molecular flexibility index (Phi) is 17.2. The van der Waals surface area contributed by atoms with Gasteiger partial charge in [0.05, 0.1) is 49.4 Å². The molecule has 0 bridgehead atoms. The molecular weight excluding hydrogens is 698 g/mol. The van der Waals surface area contributed by atoms with Gasteiger partial charge in [-0.15, -0.1) is 11.8 Å². The average Bonchev–Trinajstić information content (AvgIpc) is 3.79. The molecule has 53 heavy (non-hydrogen) atoms. The van der Waals surface area contributed by atoms with Crippen LogP contribution in [-0.4, -0.2) is 44.9 Å². The monoisotopic (exact) mass is 750 g/mol. The topological polar surface area (TPSA) is 178 Å². The maximum Gasteiger partial charge on any atom is 0.472 e. The molecule has 12 nitrogen and oxygen atoms in total. The summed E-state index contributed by atoms with van der Waals surface area (Å²) in [7, 11) is -4.58. The van der Waals surface area contributed by atoms with E-state index >= 15 is 0 Å². The summed E-state index contributed by atoms with van der Waals surface area (Å²) in [6.07, 6.45) is 16.6. The van der Waals surface area contributed by atoms with Gasteiger partial charge in [-0.05, 0) is 55.2 Å². The number of phosphoric ester groups is 1. The minimum atomic E-state index is -4.58. The molecule has 1 aliphatic heterocycles. The van der Waals surface area contributed by atoms with Gasteiger partial charge in [-0.2, -0.15) is 15.6 Å². The van der Waals surface area contributed by atoms with E-state index in [0.717, 1.165) is 25.3 Å². The number of aromatic nitrogens is 3. The largest absolute Gasteiger partial charge is 0.472 e. The summed E-state index contributed by atoms with van der Waals surface area (Å²) in [6.45, 7) is 1.55. The Morgan fingerprint density at radius 3 is 2.47 bits per heavy atom. The number of ether oxygens (including phenoxy) is 2. The lowest BCUT2D eigenvalue weighted by Crippen LogP contribution is -2.28. The standard InChI is InChI=1S/C39H52FN6O6P/c1-2-3-4-5-6-7-8-9-10-11-12-13-14-15-16-17-34(49-26-32-22-31(25-41)23-33(40)24-32)27-50-53(47,48)51-28-35-20-21-39(29-42,52-35)37-19-18-36-38(43)44-30-45-46(36)37/h18-19,22-24,30,34-35H,2-14,17,20-21,26-28H2,1H3,(H,47,48)(H2,43,44,45)/t34-,35+,39+/m1/s1. The van der Waals surface area contributed by atoms with Crippen molar-refractivity contribution in [1.82, 2.24) is 14.6 Å². The number of nitrogen functional groups attached to an aromatic ring is 1. The van der Waals surface area contributed by atoms with Crippen molar-refractivity contribution in [3.63, 3.8) is 0 Å². The van der Waals surface area contributed by atoms with Crippen molar-refractivity contribution in [1.29, 1.82) is 10.5 Å². The van der Waals surface area contributed by atoms with Crippen LogP contribution in [0.1, 0.15) is 126 Å². The highest BCUT2D eigenvalue weighted by molar-refractivity contribution is 7.47. The SMILES string of the molecule is CCCCCCCCCCCCCCC#CC[C@H](COP(=O)(O)OC[C@@H]1CC[C@](C#N)(c2ccc3c(N)ncnn23)O1)OCc1cc(F)cc(C#N)c1. The van der Waals surface area contributed by atoms with Crippen molar-refractivity contribution < 1.29 is 32.4 Å². The highest BCUT2D eigenvalue weighted by atomic mass is 31.2. The molecule has 1 saturated heterocycles. The fourth-order valence-electron chi connectivity index (χ4n) is 6.37. The molecule has 0 spiro atoms. The quantitative estimate of drug-likeness (QED) is 0.0540. The van der Waals surface area contributed by atoms with Crippen LogP contribution in [0.5, 0.6) is 0 Å². The zero-order chi connectivity index (χ0) is 37.9. The molecule has 4 atom stereocenters. The third kappa shape index (κ3) is 13.5. The molecule has 0 amide bonds. The van der Waals surface area contributed by atoms with Gasteiger partial charge in [0.1, 0.15) is 23.7 Å². The van der Waals surface area contributed by atoms with Crippen molar-refractivity contribution in [2.24, 2.45) is 0 Å². The van der Waals surface area contributed by atoms with E-state index in [-0.39, 0.29) is 37.6 Å². The first-order valence-electron chi connectivity index (χ1n) is 18.7. The predicted octanol–water partition coefficient (Wildman–Crippen LogP) is 8.42. The molecule has 4 rings (SSSR count). The first-order valence-corrected chi connectivity index (χ1v) is 20.2. The van der Waals surface area contributed by atoms with Gasteiger partial charge < -0.3 is 20.1 Å². The van der Waals surface area contributed by atoms with Crippen molar-refractivity contribution >= 4 is 19.2 Å². The molecule has 3 N–H and O–H groups in total. The minimum absolute atomic E-state index is 0.0609. The second kappa shape index (κ2) is 21.7. The zero-order valence-corrected chi connectivity index (χ0v) is 31.6. The Balaban J connectivity index is 1.24. The van der Waals surface area contributed by atoms with E-state index in [0.29, 0.717) is 29.6 Å². The summed E-state index contributed by atoms with van der Waals surface area (Å²) in [5.41, 5.74) is 6.17. The summed E-state index contributed by atoms with van der Waals surface area (Å²) >= 11 is 0. The van der Waals surface area contributed by atoms with E-state index in [2.05, 4.69) is 34.9 Å². The molecule has 0 saturated carbocycles. The van der Waals surface area contributed by atoms with Gasteiger partial charge in [0.15, 0.2) is 11.4 Å². The van der Waals surface area contributed by atoms with Crippen LogP contribution in [0.4, 0.5) is 10.2 Å². The third-order valence-corrected chi connectivity index (χ3v) is 10.2. The number of nitriles is 2. The number of hydrogen-bond donors (Lipinski definition) is 2. The van der Waals surface area contributed by atoms with E-state index in [1.165, 1.54) is 87.2 Å². The number of anilines is 1. The number of phosphoric acid groups is 1. The summed E-state index contributed by atoms with van der Waals surface area (Å²) in [5.74, 6) is 5.94. The van der Waals surface area contributed by atoms with Gasteiger partial charge in [-0.3, -0.25) is 9.05 Å². The predicted molar refractivity (Wildman–Crippen MR) is 198 cm³/mol. The Morgan fingerprint density at radius 2 is 1.77 bits per heavy atom. The van der Waals surface area contributed by atoms with Crippen LogP contribution < -0.4 is 5.73 Å². The number of benzene rings is 1. The fraction of sp³-hybridized carbons (Fsp3) is 0.590.